The van der Waals surface area contributed by atoms with Crippen LogP contribution in [0.4, 0.5) is 5.69 Å². The fourth-order valence-electron chi connectivity index (χ4n) is 3.80. The molecule has 2 aromatic carbocycles. The molecule has 0 radical (unpaired) electrons. The Kier molecular flexibility index (Phi) is 4.78. The molecule has 1 N–H and O–H groups in total. The van der Waals surface area contributed by atoms with Crippen LogP contribution in [-0.4, -0.2) is 26.1 Å². The highest BCUT2D eigenvalue weighted by Gasteiger charge is 2.42. The van der Waals surface area contributed by atoms with Gasteiger partial charge < -0.3 is 5.32 Å². The molecule has 1 heterocycles. The van der Waals surface area contributed by atoms with E-state index in [1.807, 2.05) is 37.3 Å². The van der Waals surface area contributed by atoms with Gasteiger partial charge >= 0.3 is 0 Å². The van der Waals surface area contributed by atoms with Crippen LogP contribution in [0.15, 0.2) is 53.3 Å². The molecule has 0 bridgehead atoms. The molecule has 6 nitrogen and oxygen atoms in total. The summed E-state index contributed by atoms with van der Waals surface area (Å²) in [5.41, 5.74) is 3.21. The number of aromatic nitrogens is 4. The van der Waals surface area contributed by atoms with Crippen LogP contribution in [0.3, 0.4) is 0 Å². The molecule has 0 saturated heterocycles. The van der Waals surface area contributed by atoms with E-state index in [9.17, 15) is 4.79 Å². The van der Waals surface area contributed by atoms with Crippen LogP contribution in [0.5, 0.6) is 0 Å². The normalized spacial score (nSPS) is 15.6. The molecule has 1 fully saturated rings. The smallest absolute Gasteiger partial charge is 0.235 e. The van der Waals surface area contributed by atoms with Gasteiger partial charge in [0.2, 0.25) is 5.91 Å². The summed E-state index contributed by atoms with van der Waals surface area (Å²) in [5.74, 6) is 0.0549. The van der Waals surface area contributed by atoms with Gasteiger partial charge in [0.15, 0.2) is 0 Å². The van der Waals surface area contributed by atoms with Crippen LogP contribution in [0, 0.1) is 6.92 Å². The number of rotatable bonds is 4. The molecule has 3 aromatic rings. The van der Waals surface area contributed by atoms with Crippen molar-refractivity contribution in [2.24, 2.45) is 0 Å². The average Bonchev–Trinajstić information content (AvgIpc) is 3.36. The number of hydrogen-bond acceptors (Lipinski definition) is 4. The Morgan fingerprint density at radius 1 is 1.15 bits per heavy atom. The van der Waals surface area contributed by atoms with Gasteiger partial charge in [-0.2, -0.15) is 0 Å². The second-order valence-electron chi connectivity index (χ2n) is 7.00. The molecule has 0 unspecified atom stereocenters. The quantitative estimate of drug-likeness (QED) is 0.679. The molecule has 1 aromatic heterocycles. The third-order valence-corrected chi connectivity index (χ3v) is 5.90. The molecule has 1 amide bonds. The zero-order valence-corrected chi connectivity index (χ0v) is 16.6. The maximum absolute atomic E-state index is 13.4. The molecule has 1 aliphatic carbocycles. The summed E-state index contributed by atoms with van der Waals surface area (Å²) >= 11 is 3.48. The lowest BCUT2D eigenvalue weighted by atomic mass is 9.78. The Morgan fingerprint density at radius 2 is 1.89 bits per heavy atom. The molecule has 4 rings (SSSR count). The lowest BCUT2D eigenvalue weighted by Gasteiger charge is -2.29. The Balaban J connectivity index is 1.66. The van der Waals surface area contributed by atoms with Crippen molar-refractivity contribution in [3.63, 3.8) is 0 Å². The van der Waals surface area contributed by atoms with Gasteiger partial charge in [0.05, 0.1) is 11.1 Å². The van der Waals surface area contributed by atoms with Crippen molar-refractivity contribution in [3.05, 3.63) is 64.4 Å². The summed E-state index contributed by atoms with van der Waals surface area (Å²) in [6.07, 6.45) is 5.40. The molecule has 138 valence electrons. The van der Waals surface area contributed by atoms with Crippen LogP contribution >= 0.6 is 15.9 Å². The summed E-state index contributed by atoms with van der Waals surface area (Å²) in [4.78, 5) is 13.4. The Morgan fingerprint density at radius 3 is 2.56 bits per heavy atom. The van der Waals surface area contributed by atoms with Crippen molar-refractivity contribution in [2.45, 2.75) is 38.0 Å². The molecule has 1 saturated carbocycles. The molecule has 0 spiro atoms. The molecule has 27 heavy (non-hydrogen) atoms. The summed E-state index contributed by atoms with van der Waals surface area (Å²) in [6, 6.07) is 13.9. The highest BCUT2D eigenvalue weighted by Crippen LogP contribution is 2.42. The average molecular weight is 426 g/mol. The van der Waals surface area contributed by atoms with E-state index in [2.05, 4.69) is 48.9 Å². The number of amides is 1. The molecular weight excluding hydrogens is 406 g/mol. The highest BCUT2D eigenvalue weighted by molar-refractivity contribution is 9.10. The topological polar surface area (TPSA) is 72.7 Å². The van der Waals surface area contributed by atoms with Crippen molar-refractivity contribution in [1.82, 2.24) is 20.2 Å². The number of benzene rings is 2. The first-order valence-corrected chi connectivity index (χ1v) is 9.79. The van der Waals surface area contributed by atoms with Crippen LogP contribution in [-0.2, 0) is 10.2 Å². The number of aryl methyl sites for hydroxylation is 1. The van der Waals surface area contributed by atoms with Gasteiger partial charge in [-0.05, 0) is 65.6 Å². The first-order valence-electron chi connectivity index (χ1n) is 9.00. The minimum absolute atomic E-state index is 0.0549. The van der Waals surface area contributed by atoms with Gasteiger partial charge in [0.1, 0.15) is 6.33 Å². The number of anilines is 1. The Bertz CT molecular complexity index is 947. The largest absolute Gasteiger partial charge is 0.325 e. The predicted molar refractivity (Wildman–Crippen MR) is 107 cm³/mol. The zero-order chi connectivity index (χ0) is 18.9. The summed E-state index contributed by atoms with van der Waals surface area (Å²) in [6.45, 7) is 1.99. The van der Waals surface area contributed by atoms with Gasteiger partial charge in [0, 0.05) is 10.2 Å². The SMILES string of the molecule is Cc1ccc(-n2cnnn2)cc1NC(=O)C1(c2ccc(Br)cc2)CCCC1. The molecular formula is C20H20BrN5O. The Labute approximate surface area is 166 Å². The molecule has 0 aliphatic heterocycles. The van der Waals surface area contributed by atoms with Crippen molar-refractivity contribution in [3.8, 4) is 5.69 Å². The van der Waals surface area contributed by atoms with E-state index >= 15 is 0 Å². The zero-order valence-electron chi connectivity index (χ0n) is 15.0. The van der Waals surface area contributed by atoms with E-state index < -0.39 is 5.41 Å². The third-order valence-electron chi connectivity index (χ3n) is 5.37. The van der Waals surface area contributed by atoms with E-state index in [1.54, 1.807) is 4.68 Å². The van der Waals surface area contributed by atoms with Crippen LogP contribution in [0.2, 0.25) is 0 Å². The van der Waals surface area contributed by atoms with E-state index in [0.717, 1.165) is 52.7 Å². The fraction of sp³-hybridized carbons (Fsp3) is 0.300. The number of nitrogens with zero attached hydrogens (tertiary/aromatic N) is 4. The molecule has 1 aliphatic rings. The molecule has 0 atom stereocenters. The van der Waals surface area contributed by atoms with Gasteiger partial charge in [-0.1, -0.05) is 47.0 Å². The van der Waals surface area contributed by atoms with Gasteiger partial charge in [0.25, 0.3) is 0 Å². The van der Waals surface area contributed by atoms with Crippen molar-refractivity contribution in [1.29, 1.82) is 0 Å². The van der Waals surface area contributed by atoms with Gasteiger partial charge in [-0.3, -0.25) is 4.79 Å². The van der Waals surface area contributed by atoms with Crippen LogP contribution < -0.4 is 5.32 Å². The Hall–Kier alpha value is -2.54. The lowest BCUT2D eigenvalue weighted by molar-refractivity contribution is -0.121. The maximum atomic E-state index is 13.4. The number of carbonyl (C=O) groups excluding carboxylic acids is 1. The number of nitrogens with one attached hydrogen (secondary N) is 1. The van der Waals surface area contributed by atoms with Gasteiger partial charge in [-0.15, -0.1) is 5.10 Å². The third kappa shape index (κ3) is 3.39. The number of tetrazole rings is 1. The van der Waals surface area contributed by atoms with Crippen LogP contribution in [0.25, 0.3) is 5.69 Å². The van der Waals surface area contributed by atoms with Crippen molar-refractivity contribution in [2.75, 3.05) is 5.32 Å². The number of halogens is 1. The van der Waals surface area contributed by atoms with E-state index in [4.69, 9.17) is 0 Å². The minimum atomic E-state index is -0.474. The van der Waals surface area contributed by atoms with E-state index in [0.29, 0.717) is 0 Å². The second-order valence-corrected chi connectivity index (χ2v) is 7.92. The van der Waals surface area contributed by atoms with E-state index in [1.165, 1.54) is 6.33 Å². The molecule has 7 heteroatoms. The van der Waals surface area contributed by atoms with Crippen molar-refractivity contribution >= 4 is 27.5 Å². The number of hydrogen-bond donors (Lipinski definition) is 1. The monoisotopic (exact) mass is 425 g/mol. The summed E-state index contributed by atoms with van der Waals surface area (Å²) in [5, 5.41) is 14.4. The first kappa shape index (κ1) is 17.9. The minimum Gasteiger partial charge on any atom is -0.325 e. The maximum Gasteiger partial charge on any atom is 0.235 e. The van der Waals surface area contributed by atoms with E-state index in [-0.39, 0.29) is 5.91 Å². The van der Waals surface area contributed by atoms with Gasteiger partial charge in [-0.25, -0.2) is 4.68 Å². The number of carbonyl (C=O) groups is 1. The lowest BCUT2D eigenvalue weighted by Crippen LogP contribution is -2.38. The first-order chi connectivity index (χ1) is 13.1. The fourth-order valence-corrected chi connectivity index (χ4v) is 4.07. The van der Waals surface area contributed by atoms with Crippen LogP contribution in [0.1, 0.15) is 36.8 Å². The van der Waals surface area contributed by atoms with Crippen molar-refractivity contribution < 1.29 is 4.79 Å². The highest BCUT2D eigenvalue weighted by atomic mass is 79.9. The standard InChI is InChI=1S/C20H20BrN5O/c1-14-4-9-17(26-13-22-24-25-26)12-18(14)23-19(27)20(10-2-3-11-20)15-5-7-16(21)8-6-15/h4-9,12-13H,2-3,10-11H2,1H3,(H,23,27). The predicted octanol–water partition coefficient (Wildman–Crippen LogP) is 4.18. The summed E-state index contributed by atoms with van der Waals surface area (Å²) in [7, 11) is 0. The second kappa shape index (κ2) is 7.23. The summed E-state index contributed by atoms with van der Waals surface area (Å²) < 4.78 is 2.60.